The Labute approximate surface area is 155 Å². The highest BCUT2D eigenvalue weighted by Gasteiger charge is 2.21. The van der Waals surface area contributed by atoms with Crippen molar-refractivity contribution in [1.29, 1.82) is 0 Å². The van der Waals surface area contributed by atoms with Crippen molar-refractivity contribution in [3.05, 3.63) is 29.8 Å². The molecule has 144 valence electrons. The van der Waals surface area contributed by atoms with E-state index in [4.69, 9.17) is 4.74 Å². The monoisotopic (exact) mass is 362 g/mol. The molecule has 1 aliphatic rings. The Hall–Kier alpha value is -2.12. The van der Waals surface area contributed by atoms with Gasteiger partial charge in [-0.15, -0.1) is 0 Å². The van der Waals surface area contributed by atoms with Gasteiger partial charge in [0.25, 0.3) is 0 Å². The van der Waals surface area contributed by atoms with Gasteiger partial charge in [-0.05, 0) is 44.6 Å². The summed E-state index contributed by atoms with van der Waals surface area (Å²) in [6.07, 6.45) is 1.95. The number of hydrogen-bond acceptors (Lipinski definition) is 5. The Morgan fingerprint density at radius 3 is 2.31 bits per heavy atom. The second-order valence-electron chi connectivity index (χ2n) is 7.02. The molecule has 1 heterocycles. The number of carbonyl (C=O) groups is 2. The molecule has 0 radical (unpaired) electrons. The Bertz CT molecular complexity index is 595. The SMILES string of the molecule is CN(C)c1ccc([C@@H](CNC(=O)C(=O)NC[C@@H]2CCCO2)N(C)C)cc1. The van der Waals surface area contributed by atoms with Crippen LogP contribution in [-0.2, 0) is 14.3 Å². The van der Waals surface area contributed by atoms with E-state index in [1.807, 2.05) is 62.3 Å². The number of hydrogen-bond donors (Lipinski definition) is 2. The first-order chi connectivity index (χ1) is 12.4. The van der Waals surface area contributed by atoms with Gasteiger partial charge in [0.2, 0.25) is 0 Å². The van der Waals surface area contributed by atoms with Crippen molar-refractivity contribution < 1.29 is 14.3 Å². The van der Waals surface area contributed by atoms with Crippen LogP contribution in [-0.4, -0.2) is 70.7 Å². The first-order valence-electron chi connectivity index (χ1n) is 9.00. The summed E-state index contributed by atoms with van der Waals surface area (Å²) in [5, 5.41) is 5.37. The number of nitrogens with one attached hydrogen (secondary N) is 2. The third-order valence-corrected chi connectivity index (χ3v) is 4.59. The van der Waals surface area contributed by atoms with Crippen LogP contribution in [0.5, 0.6) is 0 Å². The minimum Gasteiger partial charge on any atom is -0.378 e. The molecule has 1 aromatic carbocycles. The fourth-order valence-corrected chi connectivity index (χ4v) is 2.95. The molecule has 2 N–H and O–H groups in total. The average molecular weight is 362 g/mol. The van der Waals surface area contributed by atoms with Gasteiger partial charge in [0.05, 0.1) is 12.1 Å². The number of nitrogens with zero attached hydrogens (tertiary/aromatic N) is 2. The van der Waals surface area contributed by atoms with Gasteiger partial charge in [0.15, 0.2) is 0 Å². The highest BCUT2D eigenvalue weighted by molar-refractivity contribution is 6.35. The highest BCUT2D eigenvalue weighted by Crippen LogP contribution is 2.20. The molecule has 1 aromatic rings. The number of rotatable bonds is 7. The molecule has 0 saturated carbocycles. The topological polar surface area (TPSA) is 73.9 Å². The molecule has 1 saturated heterocycles. The fourth-order valence-electron chi connectivity index (χ4n) is 2.95. The molecule has 0 bridgehead atoms. The van der Waals surface area contributed by atoms with Crippen molar-refractivity contribution in [2.45, 2.75) is 25.0 Å². The van der Waals surface area contributed by atoms with Crippen LogP contribution in [0, 0.1) is 0 Å². The van der Waals surface area contributed by atoms with E-state index < -0.39 is 11.8 Å². The summed E-state index contributed by atoms with van der Waals surface area (Å²) >= 11 is 0. The smallest absolute Gasteiger partial charge is 0.309 e. The zero-order valence-electron chi connectivity index (χ0n) is 16.1. The van der Waals surface area contributed by atoms with E-state index in [2.05, 4.69) is 10.6 Å². The van der Waals surface area contributed by atoms with Crippen molar-refractivity contribution in [2.24, 2.45) is 0 Å². The second-order valence-corrected chi connectivity index (χ2v) is 7.02. The lowest BCUT2D eigenvalue weighted by Gasteiger charge is -2.25. The second kappa shape index (κ2) is 9.54. The van der Waals surface area contributed by atoms with Crippen LogP contribution in [0.1, 0.15) is 24.4 Å². The predicted molar refractivity (Wildman–Crippen MR) is 102 cm³/mol. The van der Waals surface area contributed by atoms with E-state index >= 15 is 0 Å². The molecule has 2 rings (SSSR count). The maximum absolute atomic E-state index is 12.1. The van der Waals surface area contributed by atoms with Crippen molar-refractivity contribution >= 4 is 17.5 Å². The summed E-state index contributed by atoms with van der Waals surface area (Å²) in [6, 6.07) is 8.16. The normalized spacial score (nSPS) is 17.8. The largest absolute Gasteiger partial charge is 0.378 e. The van der Waals surface area contributed by atoms with Crippen LogP contribution in [0.4, 0.5) is 5.69 Å². The van der Waals surface area contributed by atoms with Gasteiger partial charge < -0.3 is 25.2 Å². The third kappa shape index (κ3) is 5.71. The molecule has 1 fully saturated rings. The highest BCUT2D eigenvalue weighted by atomic mass is 16.5. The number of amides is 2. The first kappa shape index (κ1) is 20.2. The molecule has 1 aliphatic heterocycles. The Balaban J connectivity index is 1.86. The lowest BCUT2D eigenvalue weighted by atomic mass is 10.1. The molecule has 7 nitrogen and oxygen atoms in total. The molecule has 0 unspecified atom stereocenters. The van der Waals surface area contributed by atoms with E-state index in [9.17, 15) is 9.59 Å². The zero-order chi connectivity index (χ0) is 19.1. The lowest BCUT2D eigenvalue weighted by Crippen LogP contribution is -2.44. The van der Waals surface area contributed by atoms with Crippen LogP contribution in [0.25, 0.3) is 0 Å². The van der Waals surface area contributed by atoms with Crippen LogP contribution in [0.15, 0.2) is 24.3 Å². The summed E-state index contributed by atoms with van der Waals surface area (Å²) in [7, 11) is 7.89. The van der Waals surface area contributed by atoms with Crippen LogP contribution in [0.2, 0.25) is 0 Å². The van der Waals surface area contributed by atoms with E-state index in [1.165, 1.54) is 0 Å². The van der Waals surface area contributed by atoms with Crippen molar-refractivity contribution in [3.63, 3.8) is 0 Å². The van der Waals surface area contributed by atoms with Gasteiger partial charge in [-0.2, -0.15) is 0 Å². The van der Waals surface area contributed by atoms with Crippen LogP contribution < -0.4 is 15.5 Å². The van der Waals surface area contributed by atoms with E-state index in [0.717, 1.165) is 30.7 Å². The number of anilines is 1. The quantitative estimate of drug-likeness (QED) is 0.701. The van der Waals surface area contributed by atoms with Crippen molar-refractivity contribution in [1.82, 2.24) is 15.5 Å². The first-order valence-corrected chi connectivity index (χ1v) is 9.00. The molecular weight excluding hydrogens is 332 g/mol. The number of ether oxygens (including phenoxy) is 1. The minimum absolute atomic E-state index is 0.0128. The Morgan fingerprint density at radius 1 is 1.12 bits per heavy atom. The van der Waals surface area contributed by atoms with E-state index in [-0.39, 0.29) is 12.1 Å². The standard InChI is InChI=1S/C19H30N4O3/c1-22(2)15-9-7-14(8-10-15)17(23(3)4)13-21-19(25)18(24)20-12-16-6-5-11-26-16/h7-10,16-17H,5-6,11-13H2,1-4H3,(H,20,24)(H,21,25)/t16-,17+/m0/s1. The van der Waals surface area contributed by atoms with Gasteiger partial charge >= 0.3 is 11.8 Å². The summed E-state index contributed by atoms with van der Waals surface area (Å²) in [6.45, 7) is 1.47. The zero-order valence-corrected chi connectivity index (χ0v) is 16.1. The van der Waals surface area contributed by atoms with Crippen LogP contribution >= 0.6 is 0 Å². The number of carbonyl (C=O) groups excluding carboxylic acids is 2. The molecule has 2 atom stereocenters. The Morgan fingerprint density at radius 2 is 1.77 bits per heavy atom. The van der Waals surface area contributed by atoms with Gasteiger partial charge in [-0.3, -0.25) is 9.59 Å². The minimum atomic E-state index is -0.611. The molecular formula is C19H30N4O3. The number of likely N-dealkylation sites (N-methyl/N-ethyl adjacent to an activating group) is 1. The lowest BCUT2D eigenvalue weighted by molar-refractivity contribution is -0.139. The molecule has 0 spiro atoms. The molecule has 7 heteroatoms. The van der Waals surface area contributed by atoms with E-state index in [0.29, 0.717) is 13.1 Å². The third-order valence-electron chi connectivity index (χ3n) is 4.59. The average Bonchev–Trinajstić information content (AvgIpc) is 3.13. The summed E-state index contributed by atoms with van der Waals surface area (Å²) in [4.78, 5) is 28.1. The predicted octanol–water partition coefficient (Wildman–Crippen LogP) is 0.767. The van der Waals surface area contributed by atoms with Gasteiger partial charge in [-0.1, -0.05) is 12.1 Å². The number of benzene rings is 1. The maximum Gasteiger partial charge on any atom is 0.309 e. The van der Waals surface area contributed by atoms with Gasteiger partial charge in [0, 0.05) is 39.5 Å². The maximum atomic E-state index is 12.1. The summed E-state index contributed by atoms with van der Waals surface area (Å²) in [5.74, 6) is -1.22. The Kier molecular flexibility index (Phi) is 7.41. The van der Waals surface area contributed by atoms with E-state index in [1.54, 1.807) is 0 Å². The molecule has 2 amide bonds. The summed E-state index contributed by atoms with van der Waals surface area (Å²) < 4.78 is 5.44. The molecule has 0 aliphatic carbocycles. The van der Waals surface area contributed by atoms with Gasteiger partial charge in [-0.25, -0.2) is 0 Å². The molecule has 0 aromatic heterocycles. The van der Waals surface area contributed by atoms with Gasteiger partial charge in [0.1, 0.15) is 0 Å². The molecule has 26 heavy (non-hydrogen) atoms. The fraction of sp³-hybridized carbons (Fsp3) is 0.579. The van der Waals surface area contributed by atoms with Crippen molar-refractivity contribution in [3.8, 4) is 0 Å². The summed E-state index contributed by atoms with van der Waals surface area (Å²) in [5.41, 5.74) is 2.20. The van der Waals surface area contributed by atoms with Crippen molar-refractivity contribution in [2.75, 3.05) is 52.8 Å². The van der Waals surface area contributed by atoms with Crippen LogP contribution in [0.3, 0.4) is 0 Å².